The fourth-order valence-electron chi connectivity index (χ4n) is 2.30. The van der Waals surface area contributed by atoms with Gasteiger partial charge in [0.2, 0.25) is 5.88 Å². The van der Waals surface area contributed by atoms with Gasteiger partial charge in [-0.3, -0.25) is 14.3 Å². The van der Waals surface area contributed by atoms with Crippen LogP contribution in [0.4, 0.5) is 5.69 Å². The SMILES string of the molecule is C#CCn1c(O)c(N=NC(=O)c2cncc(Br)c2)c2ccccc21. The molecule has 118 valence electrons. The minimum absolute atomic E-state index is 0.127. The first-order valence-electron chi connectivity index (χ1n) is 6.92. The van der Waals surface area contributed by atoms with Gasteiger partial charge in [-0.25, -0.2) is 0 Å². The van der Waals surface area contributed by atoms with E-state index in [0.29, 0.717) is 15.4 Å². The number of aromatic nitrogens is 2. The van der Waals surface area contributed by atoms with Crippen molar-refractivity contribution in [1.82, 2.24) is 9.55 Å². The maximum Gasteiger partial charge on any atom is 0.297 e. The van der Waals surface area contributed by atoms with Crippen molar-refractivity contribution in [2.45, 2.75) is 6.54 Å². The molecule has 3 rings (SSSR count). The van der Waals surface area contributed by atoms with E-state index in [9.17, 15) is 9.90 Å². The molecule has 1 aromatic carbocycles. The molecule has 0 saturated carbocycles. The standard InChI is InChI=1S/C17H11BrN4O2/c1-2-7-22-14-6-4-3-5-13(14)15(17(22)24)20-21-16(23)11-8-12(18)10-19-9-11/h1,3-6,8-10,24H,7H2. The number of nitrogens with zero attached hydrogens (tertiary/aromatic N) is 4. The molecule has 0 radical (unpaired) electrons. The third-order valence-corrected chi connectivity index (χ3v) is 3.79. The van der Waals surface area contributed by atoms with Gasteiger partial charge in [0.25, 0.3) is 5.91 Å². The van der Waals surface area contributed by atoms with Gasteiger partial charge in [0.1, 0.15) is 0 Å². The fourth-order valence-corrected chi connectivity index (χ4v) is 2.67. The lowest BCUT2D eigenvalue weighted by atomic mass is 10.2. The number of terminal acetylenes is 1. The van der Waals surface area contributed by atoms with Gasteiger partial charge in [0.15, 0.2) is 5.69 Å². The van der Waals surface area contributed by atoms with E-state index in [1.165, 1.54) is 10.8 Å². The molecule has 0 atom stereocenters. The van der Waals surface area contributed by atoms with Gasteiger partial charge in [-0.05, 0) is 28.1 Å². The van der Waals surface area contributed by atoms with Gasteiger partial charge in [0, 0.05) is 22.3 Å². The Kier molecular flexibility index (Phi) is 4.40. The highest BCUT2D eigenvalue weighted by Gasteiger charge is 2.16. The number of amides is 1. The maximum absolute atomic E-state index is 12.1. The molecule has 0 saturated heterocycles. The van der Waals surface area contributed by atoms with E-state index >= 15 is 0 Å². The van der Waals surface area contributed by atoms with Gasteiger partial charge in [0.05, 0.1) is 17.6 Å². The summed E-state index contributed by atoms with van der Waals surface area (Å²) in [7, 11) is 0. The smallest absolute Gasteiger partial charge is 0.297 e. The molecule has 24 heavy (non-hydrogen) atoms. The number of fused-ring (bicyclic) bond motifs is 1. The van der Waals surface area contributed by atoms with E-state index < -0.39 is 5.91 Å². The fraction of sp³-hybridized carbons (Fsp3) is 0.0588. The molecule has 0 aliphatic heterocycles. The van der Waals surface area contributed by atoms with Crippen molar-refractivity contribution in [3.8, 4) is 18.2 Å². The number of hydrogen-bond acceptors (Lipinski definition) is 4. The number of hydrogen-bond donors (Lipinski definition) is 1. The zero-order valence-electron chi connectivity index (χ0n) is 12.3. The second-order valence-electron chi connectivity index (χ2n) is 4.88. The first-order chi connectivity index (χ1) is 11.6. The van der Waals surface area contributed by atoms with Crippen LogP contribution in [-0.2, 0) is 6.54 Å². The number of para-hydroxylation sites is 1. The van der Waals surface area contributed by atoms with E-state index in [1.807, 2.05) is 12.1 Å². The topological polar surface area (TPSA) is 79.8 Å². The monoisotopic (exact) mass is 382 g/mol. The predicted molar refractivity (Wildman–Crippen MR) is 93.2 cm³/mol. The molecule has 0 aliphatic carbocycles. The molecule has 7 heteroatoms. The number of halogens is 1. The van der Waals surface area contributed by atoms with Crippen molar-refractivity contribution in [3.05, 3.63) is 52.8 Å². The normalized spacial score (nSPS) is 11.0. The molecular weight excluding hydrogens is 372 g/mol. The predicted octanol–water partition coefficient (Wildman–Crippen LogP) is 4.06. The van der Waals surface area contributed by atoms with Crippen LogP contribution in [0, 0.1) is 12.3 Å². The van der Waals surface area contributed by atoms with Gasteiger partial charge in [-0.1, -0.05) is 24.1 Å². The summed E-state index contributed by atoms with van der Waals surface area (Å²) < 4.78 is 2.20. The highest BCUT2D eigenvalue weighted by molar-refractivity contribution is 9.10. The van der Waals surface area contributed by atoms with Gasteiger partial charge >= 0.3 is 0 Å². The second-order valence-corrected chi connectivity index (χ2v) is 5.79. The Morgan fingerprint density at radius 1 is 1.38 bits per heavy atom. The lowest BCUT2D eigenvalue weighted by molar-refractivity contribution is 0.0994. The van der Waals surface area contributed by atoms with Crippen LogP contribution in [0.1, 0.15) is 10.4 Å². The molecule has 0 fully saturated rings. The summed E-state index contributed by atoms with van der Waals surface area (Å²) in [6.07, 6.45) is 8.30. The van der Waals surface area contributed by atoms with Crippen molar-refractivity contribution >= 4 is 38.4 Å². The molecule has 0 bridgehead atoms. The summed E-state index contributed by atoms with van der Waals surface area (Å²) in [6.45, 7) is 0.186. The van der Waals surface area contributed by atoms with Crippen molar-refractivity contribution in [2.24, 2.45) is 10.2 Å². The van der Waals surface area contributed by atoms with Crippen LogP contribution in [-0.4, -0.2) is 20.6 Å². The van der Waals surface area contributed by atoms with Crippen LogP contribution in [0.5, 0.6) is 5.88 Å². The quantitative estimate of drug-likeness (QED) is 0.547. The van der Waals surface area contributed by atoms with Crippen LogP contribution < -0.4 is 0 Å². The Morgan fingerprint density at radius 2 is 2.17 bits per heavy atom. The Balaban J connectivity index is 2.03. The molecule has 1 N–H and O–H groups in total. The van der Waals surface area contributed by atoms with E-state index in [2.05, 4.69) is 37.1 Å². The molecule has 3 aromatic rings. The zero-order chi connectivity index (χ0) is 17.1. The van der Waals surface area contributed by atoms with Crippen molar-refractivity contribution in [1.29, 1.82) is 0 Å². The number of carbonyl (C=O) groups is 1. The van der Waals surface area contributed by atoms with Crippen molar-refractivity contribution in [3.63, 3.8) is 0 Å². The second kappa shape index (κ2) is 6.64. The molecule has 0 aliphatic rings. The Labute approximate surface area is 146 Å². The van der Waals surface area contributed by atoms with Crippen molar-refractivity contribution in [2.75, 3.05) is 0 Å². The zero-order valence-corrected chi connectivity index (χ0v) is 13.9. The van der Waals surface area contributed by atoms with E-state index in [-0.39, 0.29) is 18.1 Å². The average molecular weight is 383 g/mol. The molecular formula is C17H11BrN4O2. The molecule has 6 nitrogen and oxygen atoms in total. The summed E-state index contributed by atoms with van der Waals surface area (Å²) in [4.78, 5) is 16.0. The number of azo groups is 1. The van der Waals surface area contributed by atoms with E-state index in [1.54, 1.807) is 24.4 Å². The minimum Gasteiger partial charge on any atom is -0.493 e. The largest absolute Gasteiger partial charge is 0.493 e. The van der Waals surface area contributed by atoms with Gasteiger partial charge < -0.3 is 5.11 Å². The number of carbonyl (C=O) groups excluding carboxylic acids is 1. The Morgan fingerprint density at radius 3 is 2.92 bits per heavy atom. The first kappa shape index (κ1) is 15.9. The third-order valence-electron chi connectivity index (χ3n) is 3.36. The lowest BCUT2D eigenvalue weighted by Gasteiger charge is -2.00. The molecule has 2 aromatic heterocycles. The number of rotatable bonds is 3. The molecule has 0 unspecified atom stereocenters. The summed E-state index contributed by atoms with van der Waals surface area (Å²) in [5.74, 6) is 1.79. The van der Waals surface area contributed by atoms with Gasteiger partial charge in [-0.2, -0.15) is 0 Å². The summed E-state index contributed by atoms with van der Waals surface area (Å²) in [5, 5.41) is 18.6. The van der Waals surface area contributed by atoms with Crippen molar-refractivity contribution < 1.29 is 9.90 Å². The van der Waals surface area contributed by atoms with Crippen LogP contribution in [0.15, 0.2) is 57.4 Å². The Bertz CT molecular complexity index is 1000. The maximum atomic E-state index is 12.1. The highest BCUT2D eigenvalue weighted by Crippen LogP contribution is 2.38. The van der Waals surface area contributed by atoms with Crippen LogP contribution in [0.25, 0.3) is 10.9 Å². The van der Waals surface area contributed by atoms with Crippen LogP contribution in [0.3, 0.4) is 0 Å². The Hall–Kier alpha value is -2.98. The molecule has 2 heterocycles. The third kappa shape index (κ3) is 2.92. The van der Waals surface area contributed by atoms with Crippen LogP contribution >= 0.6 is 15.9 Å². The summed E-state index contributed by atoms with van der Waals surface area (Å²) >= 11 is 3.24. The number of benzene rings is 1. The minimum atomic E-state index is -0.558. The highest BCUT2D eigenvalue weighted by atomic mass is 79.9. The molecule has 1 amide bonds. The van der Waals surface area contributed by atoms with Crippen LogP contribution in [0.2, 0.25) is 0 Å². The first-order valence-corrected chi connectivity index (χ1v) is 7.71. The lowest BCUT2D eigenvalue weighted by Crippen LogP contribution is -1.94. The number of aromatic hydroxyl groups is 1. The summed E-state index contributed by atoms with van der Waals surface area (Å²) in [6, 6.07) is 8.82. The number of pyridine rings is 1. The molecule has 0 spiro atoms. The van der Waals surface area contributed by atoms with E-state index in [0.717, 1.165) is 5.52 Å². The van der Waals surface area contributed by atoms with Gasteiger partial charge in [-0.15, -0.1) is 16.7 Å². The average Bonchev–Trinajstić information content (AvgIpc) is 2.85. The van der Waals surface area contributed by atoms with E-state index in [4.69, 9.17) is 6.42 Å². The summed E-state index contributed by atoms with van der Waals surface area (Å²) in [5.41, 5.74) is 1.22.